The second-order valence-corrected chi connectivity index (χ2v) is 4.57. The molecule has 0 saturated carbocycles. The van der Waals surface area contributed by atoms with Gasteiger partial charge in [-0.25, -0.2) is 0 Å². The first-order chi connectivity index (χ1) is 7.43. The highest BCUT2D eigenvalue weighted by atomic mass is 32.2. The number of aliphatic carboxylic acids is 1. The van der Waals surface area contributed by atoms with Crippen LogP contribution in [0.4, 0.5) is 0 Å². The molecule has 0 aromatic rings. The summed E-state index contributed by atoms with van der Waals surface area (Å²) in [6.45, 7) is 2.78. The third-order valence-corrected chi connectivity index (χ3v) is 3.33. The van der Waals surface area contributed by atoms with Gasteiger partial charge in [-0.2, -0.15) is 0 Å². The Bertz CT molecular complexity index is 321. The van der Waals surface area contributed by atoms with E-state index < -0.39 is 24.0 Å². The van der Waals surface area contributed by atoms with E-state index >= 15 is 0 Å². The number of nitrogens with one attached hydrogen (secondary N) is 1. The number of hydrogen-bond donors (Lipinski definition) is 2. The van der Waals surface area contributed by atoms with E-state index in [0.717, 1.165) is 0 Å². The Morgan fingerprint density at radius 1 is 1.50 bits per heavy atom. The molecule has 0 radical (unpaired) electrons. The maximum atomic E-state index is 11.7. The van der Waals surface area contributed by atoms with Gasteiger partial charge in [0, 0.05) is 12.7 Å². The number of rotatable bonds is 3. The predicted octanol–water partition coefficient (Wildman–Crippen LogP) is -0.503. The molecule has 1 aliphatic rings. The number of nitrogens with zero attached hydrogens (tertiary/aromatic N) is 1. The molecule has 0 bridgehead atoms. The summed E-state index contributed by atoms with van der Waals surface area (Å²) in [6, 6.07) is -1.49. The van der Waals surface area contributed by atoms with Crippen molar-refractivity contribution in [3.8, 4) is 0 Å². The van der Waals surface area contributed by atoms with E-state index in [-0.39, 0.29) is 5.91 Å². The molecule has 2 atom stereocenters. The van der Waals surface area contributed by atoms with Crippen LogP contribution in [0.5, 0.6) is 0 Å². The Labute approximate surface area is 97.4 Å². The number of carbonyl (C=O) groups excluding carboxylic acids is 2. The highest BCUT2D eigenvalue weighted by Gasteiger charge is 2.33. The zero-order valence-corrected chi connectivity index (χ0v) is 9.91. The van der Waals surface area contributed by atoms with Crippen molar-refractivity contribution in [2.75, 3.05) is 11.6 Å². The molecule has 2 amide bonds. The van der Waals surface area contributed by atoms with Gasteiger partial charge in [0.15, 0.2) is 0 Å². The number of hydrogen-bond acceptors (Lipinski definition) is 4. The smallest absolute Gasteiger partial charge is 0.325 e. The second kappa shape index (κ2) is 5.20. The lowest BCUT2D eigenvalue weighted by molar-refractivity contribution is -0.142. The summed E-state index contributed by atoms with van der Waals surface area (Å²) < 4.78 is 0. The second-order valence-electron chi connectivity index (χ2n) is 3.57. The van der Waals surface area contributed by atoms with Gasteiger partial charge in [-0.1, -0.05) is 0 Å². The van der Waals surface area contributed by atoms with Gasteiger partial charge in [0.05, 0.1) is 5.88 Å². The predicted molar refractivity (Wildman–Crippen MR) is 58.9 cm³/mol. The summed E-state index contributed by atoms with van der Waals surface area (Å²) in [5.41, 5.74) is 0. The van der Waals surface area contributed by atoms with Crippen molar-refractivity contribution in [1.29, 1.82) is 0 Å². The molecule has 1 aliphatic heterocycles. The molecule has 0 aromatic carbocycles. The molecule has 1 saturated heterocycles. The van der Waals surface area contributed by atoms with Gasteiger partial charge in [0.2, 0.25) is 11.8 Å². The van der Waals surface area contributed by atoms with Crippen LogP contribution in [0.2, 0.25) is 0 Å². The van der Waals surface area contributed by atoms with Crippen LogP contribution in [0.15, 0.2) is 0 Å². The van der Waals surface area contributed by atoms with Crippen LogP contribution < -0.4 is 5.32 Å². The Hall–Kier alpha value is -1.24. The van der Waals surface area contributed by atoms with E-state index in [1.165, 1.54) is 30.5 Å². The van der Waals surface area contributed by atoms with Crippen LogP contribution in [0.25, 0.3) is 0 Å². The molecule has 0 aromatic heterocycles. The Balaban J connectivity index is 2.60. The van der Waals surface area contributed by atoms with Gasteiger partial charge in [-0.15, -0.1) is 11.8 Å². The number of thioether (sulfide) groups is 1. The summed E-state index contributed by atoms with van der Waals surface area (Å²) in [4.78, 5) is 34.9. The zero-order chi connectivity index (χ0) is 12.3. The van der Waals surface area contributed by atoms with Gasteiger partial charge < -0.3 is 15.3 Å². The van der Waals surface area contributed by atoms with Gasteiger partial charge in [0.1, 0.15) is 12.1 Å². The summed E-state index contributed by atoms with van der Waals surface area (Å²) >= 11 is 1.48. The molecular weight excluding hydrogens is 232 g/mol. The van der Waals surface area contributed by atoms with Gasteiger partial charge in [-0.05, 0) is 6.92 Å². The van der Waals surface area contributed by atoms with Crippen molar-refractivity contribution in [3.63, 3.8) is 0 Å². The molecule has 1 heterocycles. The lowest BCUT2D eigenvalue weighted by Gasteiger charge is -2.22. The molecule has 2 N–H and O–H groups in total. The average Bonchev–Trinajstić information content (AvgIpc) is 2.65. The highest BCUT2D eigenvalue weighted by molar-refractivity contribution is 7.99. The molecule has 90 valence electrons. The van der Waals surface area contributed by atoms with E-state index in [1.807, 2.05) is 0 Å². The van der Waals surface area contributed by atoms with Crippen molar-refractivity contribution < 1.29 is 19.5 Å². The first-order valence-corrected chi connectivity index (χ1v) is 5.97. The number of carbonyl (C=O) groups is 3. The first kappa shape index (κ1) is 12.8. The fraction of sp³-hybridized carbons (Fsp3) is 0.667. The van der Waals surface area contributed by atoms with Crippen LogP contribution in [0.1, 0.15) is 13.8 Å². The van der Waals surface area contributed by atoms with Gasteiger partial charge in [-0.3, -0.25) is 14.4 Å². The van der Waals surface area contributed by atoms with E-state index in [1.54, 1.807) is 0 Å². The van der Waals surface area contributed by atoms with E-state index in [2.05, 4.69) is 5.32 Å². The Morgan fingerprint density at radius 2 is 2.12 bits per heavy atom. The fourth-order valence-corrected chi connectivity index (χ4v) is 2.56. The van der Waals surface area contributed by atoms with Crippen LogP contribution in [0, 0.1) is 0 Å². The molecule has 0 aliphatic carbocycles. The Morgan fingerprint density at radius 3 is 2.62 bits per heavy atom. The lowest BCUT2D eigenvalue weighted by atomic mass is 10.2. The number of carboxylic acid groups (broad SMARTS) is 1. The maximum Gasteiger partial charge on any atom is 0.325 e. The normalized spacial score (nSPS) is 21.6. The van der Waals surface area contributed by atoms with Crippen LogP contribution in [-0.4, -0.2) is 51.5 Å². The summed E-state index contributed by atoms with van der Waals surface area (Å²) in [6.07, 6.45) is 0. The zero-order valence-electron chi connectivity index (χ0n) is 9.10. The monoisotopic (exact) mass is 246 g/mol. The van der Waals surface area contributed by atoms with Crippen molar-refractivity contribution >= 4 is 29.5 Å². The number of amides is 2. The minimum atomic E-state index is -1.09. The van der Waals surface area contributed by atoms with Crippen LogP contribution in [0.3, 0.4) is 0 Å². The van der Waals surface area contributed by atoms with Crippen molar-refractivity contribution in [3.05, 3.63) is 0 Å². The average molecular weight is 246 g/mol. The quantitative estimate of drug-likeness (QED) is 0.701. The molecule has 6 nitrogen and oxygen atoms in total. The fourth-order valence-electron chi connectivity index (χ4n) is 1.34. The van der Waals surface area contributed by atoms with Gasteiger partial charge >= 0.3 is 5.97 Å². The minimum Gasteiger partial charge on any atom is -0.480 e. The lowest BCUT2D eigenvalue weighted by Crippen LogP contribution is -2.50. The minimum absolute atomic E-state index is 0.173. The van der Waals surface area contributed by atoms with Crippen molar-refractivity contribution in [2.45, 2.75) is 25.9 Å². The van der Waals surface area contributed by atoms with Crippen molar-refractivity contribution in [1.82, 2.24) is 10.2 Å². The third kappa shape index (κ3) is 2.88. The molecule has 16 heavy (non-hydrogen) atoms. The molecular formula is C9H14N2O4S. The molecule has 0 spiro atoms. The van der Waals surface area contributed by atoms with Crippen LogP contribution >= 0.6 is 11.8 Å². The highest BCUT2D eigenvalue weighted by Crippen LogP contribution is 2.20. The van der Waals surface area contributed by atoms with Crippen molar-refractivity contribution in [2.24, 2.45) is 0 Å². The largest absolute Gasteiger partial charge is 0.480 e. The maximum absolute atomic E-state index is 11.7. The summed E-state index contributed by atoms with van der Waals surface area (Å²) in [5, 5.41) is 11.0. The molecule has 7 heteroatoms. The molecule has 1 unspecified atom stereocenters. The van der Waals surface area contributed by atoms with E-state index in [4.69, 9.17) is 5.11 Å². The summed E-state index contributed by atoms with van der Waals surface area (Å²) in [5.74, 6) is -0.677. The molecule has 1 rings (SSSR count). The van der Waals surface area contributed by atoms with E-state index in [0.29, 0.717) is 11.6 Å². The SMILES string of the molecule is CC(=O)N1CSCC1C(=O)N[C@@H](C)C(=O)O. The molecule has 1 fully saturated rings. The number of carboxylic acids is 1. The first-order valence-electron chi connectivity index (χ1n) is 4.81. The van der Waals surface area contributed by atoms with Gasteiger partial charge in [0.25, 0.3) is 0 Å². The van der Waals surface area contributed by atoms with E-state index in [9.17, 15) is 14.4 Å². The standard InChI is InChI=1S/C9H14N2O4S/c1-5(9(14)15)10-8(13)7-3-16-4-11(7)6(2)12/h5,7H,3-4H2,1-2H3,(H,10,13)(H,14,15)/t5-,7?/m0/s1. The van der Waals surface area contributed by atoms with Crippen LogP contribution in [-0.2, 0) is 14.4 Å². The summed E-state index contributed by atoms with van der Waals surface area (Å²) in [7, 11) is 0. The Kier molecular flexibility index (Phi) is 4.17. The topological polar surface area (TPSA) is 86.7 Å². The third-order valence-electron chi connectivity index (χ3n) is 2.32.